The molecule has 3 N–H and O–H groups in total. The van der Waals surface area contributed by atoms with Crippen molar-refractivity contribution in [2.75, 3.05) is 20.1 Å². The van der Waals surface area contributed by atoms with E-state index in [1.807, 2.05) is 0 Å². The van der Waals surface area contributed by atoms with E-state index in [2.05, 4.69) is 25.0 Å². The van der Waals surface area contributed by atoms with E-state index in [1.54, 1.807) is 13.8 Å². The van der Waals surface area contributed by atoms with Crippen LogP contribution < -0.4 is 15.8 Å². The number of aromatic nitrogens is 2. The van der Waals surface area contributed by atoms with Crippen LogP contribution in [0.3, 0.4) is 0 Å². The monoisotopic (exact) mass is 467 g/mol. The first-order chi connectivity index (χ1) is 15.7. The number of nitrogens with zero attached hydrogens (tertiary/aromatic N) is 3. The molecule has 1 unspecified atom stereocenters. The van der Waals surface area contributed by atoms with Crippen molar-refractivity contribution in [1.82, 2.24) is 15.3 Å². The van der Waals surface area contributed by atoms with Gasteiger partial charge in [-0.2, -0.15) is 0 Å². The largest absolute Gasteiger partial charge is 0.459 e. The van der Waals surface area contributed by atoms with Crippen LogP contribution in [0.5, 0.6) is 5.88 Å². The summed E-state index contributed by atoms with van der Waals surface area (Å²) >= 11 is 0. The van der Waals surface area contributed by atoms with Crippen LogP contribution in [-0.4, -0.2) is 59.8 Å². The number of carbonyl (C=O) groups excluding carboxylic acids is 1. The molecule has 0 aromatic carbocycles. The second kappa shape index (κ2) is 8.65. The molecule has 0 spiro atoms. The highest BCUT2D eigenvalue weighted by Gasteiger charge is 2.63. The van der Waals surface area contributed by atoms with Gasteiger partial charge in [0.25, 0.3) is 11.9 Å². The lowest BCUT2D eigenvalue weighted by molar-refractivity contribution is -0.0130. The second-order valence-corrected chi connectivity index (χ2v) is 8.40. The van der Waals surface area contributed by atoms with E-state index in [9.17, 15) is 13.6 Å². The van der Waals surface area contributed by atoms with Gasteiger partial charge >= 0.3 is 0 Å². The Labute approximate surface area is 187 Å². The zero-order valence-electron chi connectivity index (χ0n) is 18.1. The van der Waals surface area contributed by atoms with E-state index in [0.29, 0.717) is 5.70 Å². The van der Waals surface area contributed by atoms with Gasteiger partial charge in [-0.3, -0.25) is 4.79 Å². The Morgan fingerprint density at radius 1 is 1.33 bits per heavy atom. The normalized spacial score (nSPS) is 33.2. The SMILES string of the molecule is C[C@@H]1OC[C@H]2[C@@H]1OC(N)=N[C@]2(CF)C1(C)CC(NC(=O)c2cnc(OCF)cn2)=CC=C1F. The molecule has 1 aromatic rings. The molecule has 2 aliphatic heterocycles. The van der Waals surface area contributed by atoms with Crippen molar-refractivity contribution in [1.29, 1.82) is 0 Å². The molecule has 5 atom stereocenters. The number of amidine groups is 1. The molecule has 3 aliphatic rings. The number of nitrogens with two attached hydrogens (primary N) is 1. The number of fused-ring (bicyclic) bond motifs is 1. The van der Waals surface area contributed by atoms with E-state index in [-0.39, 0.29) is 36.7 Å². The van der Waals surface area contributed by atoms with Crippen LogP contribution in [0.2, 0.25) is 0 Å². The highest BCUT2D eigenvalue weighted by atomic mass is 19.1. The van der Waals surface area contributed by atoms with Gasteiger partial charge in [-0.25, -0.2) is 28.1 Å². The first-order valence-electron chi connectivity index (χ1n) is 10.3. The molecule has 1 aliphatic carbocycles. The van der Waals surface area contributed by atoms with Crippen LogP contribution in [0.25, 0.3) is 0 Å². The van der Waals surface area contributed by atoms with Crippen molar-refractivity contribution in [3.63, 3.8) is 0 Å². The standard InChI is InChI=1S/C21H24F3N5O4/c1-11-17-13(8-31-11)21(9-22,29-19(25)33-17)20(2)5-12(3-4-15(20)24)28-18(30)14-6-27-16(7-26-14)32-10-23/h3-4,6-7,11,13,17H,5,8-10H2,1-2H3,(H2,25,29)(H,28,30)/t11-,13-,17+,20?,21-/m0/s1. The number of halogens is 3. The van der Waals surface area contributed by atoms with Crippen molar-refractivity contribution in [2.24, 2.45) is 22.1 Å². The third kappa shape index (κ3) is 3.81. The van der Waals surface area contributed by atoms with Gasteiger partial charge in [0.1, 0.15) is 29.8 Å². The molecule has 0 bridgehead atoms. The average molecular weight is 467 g/mol. The molecule has 12 heteroatoms. The Kier molecular flexibility index (Phi) is 6.04. The third-order valence-corrected chi connectivity index (χ3v) is 6.58. The zero-order valence-corrected chi connectivity index (χ0v) is 18.1. The van der Waals surface area contributed by atoms with Crippen molar-refractivity contribution in [2.45, 2.75) is 38.0 Å². The maximum absolute atomic E-state index is 15.4. The predicted octanol–water partition coefficient (Wildman–Crippen LogP) is 2.12. The van der Waals surface area contributed by atoms with Crippen molar-refractivity contribution < 1.29 is 32.2 Å². The molecule has 178 valence electrons. The molecule has 1 saturated heterocycles. The molecule has 1 amide bonds. The first kappa shape index (κ1) is 23.0. The van der Waals surface area contributed by atoms with Crippen molar-refractivity contribution in [3.05, 3.63) is 41.8 Å². The van der Waals surface area contributed by atoms with Gasteiger partial charge in [-0.05, 0) is 19.1 Å². The van der Waals surface area contributed by atoms with Gasteiger partial charge in [-0.1, -0.05) is 6.92 Å². The number of hydrogen-bond acceptors (Lipinski definition) is 8. The Hall–Kier alpha value is -3.15. The van der Waals surface area contributed by atoms with Crippen molar-refractivity contribution >= 4 is 11.9 Å². The fourth-order valence-electron chi connectivity index (χ4n) is 4.72. The smallest absolute Gasteiger partial charge is 0.282 e. The van der Waals surface area contributed by atoms with E-state index in [1.165, 1.54) is 12.2 Å². The number of ether oxygens (including phenoxy) is 3. The van der Waals surface area contributed by atoms with Crippen LogP contribution in [0.1, 0.15) is 30.8 Å². The Morgan fingerprint density at radius 2 is 2.12 bits per heavy atom. The highest BCUT2D eigenvalue weighted by molar-refractivity contribution is 5.93. The number of rotatable bonds is 6. The van der Waals surface area contributed by atoms with Gasteiger partial charge < -0.3 is 25.3 Å². The zero-order chi connectivity index (χ0) is 23.8. The summed E-state index contributed by atoms with van der Waals surface area (Å²) in [6.07, 6.45) is 3.78. The van der Waals surface area contributed by atoms with Gasteiger partial charge in [0.2, 0.25) is 12.7 Å². The summed E-state index contributed by atoms with van der Waals surface area (Å²) in [5.74, 6) is -1.88. The summed E-state index contributed by atoms with van der Waals surface area (Å²) in [6.45, 7) is 1.36. The van der Waals surface area contributed by atoms with E-state index < -0.39 is 48.2 Å². The van der Waals surface area contributed by atoms with Gasteiger partial charge in [0.15, 0.2) is 0 Å². The van der Waals surface area contributed by atoms with Crippen LogP contribution in [-0.2, 0) is 9.47 Å². The molecule has 4 rings (SSSR count). The summed E-state index contributed by atoms with van der Waals surface area (Å²) in [7, 11) is 0. The number of hydrogen-bond donors (Lipinski definition) is 2. The van der Waals surface area contributed by atoms with E-state index >= 15 is 4.39 Å². The molecule has 0 saturated carbocycles. The lowest BCUT2D eigenvalue weighted by Gasteiger charge is -2.51. The molecule has 0 radical (unpaired) electrons. The highest BCUT2D eigenvalue weighted by Crippen LogP contribution is 2.55. The summed E-state index contributed by atoms with van der Waals surface area (Å²) in [5.41, 5.74) is 3.06. The third-order valence-electron chi connectivity index (χ3n) is 6.58. The van der Waals surface area contributed by atoms with Crippen LogP contribution in [0, 0.1) is 11.3 Å². The predicted molar refractivity (Wildman–Crippen MR) is 110 cm³/mol. The average Bonchev–Trinajstić information content (AvgIpc) is 3.17. The van der Waals surface area contributed by atoms with Gasteiger partial charge in [0, 0.05) is 12.1 Å². The maximum Gasteiger partial charge on any atom is 0.282 e. The minimum absolute atomic E-state index is 0.0644. The fourth-order valence-corrected chi connectivity index (χ4v) is 4.72. The maximum atomic E-state index is 15.4. The lowest BCUT2D eigenvalue weighted by Crippen LogP contribution is -2.61. The second-order valence-electron chi connectivity index (χ2n) is 8.40. The quantitative estimate of drug-likeness (QED) is 0.657. The van der Waals surface area contributed by atoms with Crippen molar-refractivity contribution in [3.8, 4) is 5.88 Å². The Balaban J connectivity index is 1.60. The lowest BCUT2D eigenvalue weighted by atomic mass is 9.59. The summed E-state index contributed by atoms with van der Waals surface area (Å²) < 4.78 is 58.2. The first-order valence-corrected chi connectivity index (χ1v) is 10.3. The van der Waals surface area contributed by atoms with Crippen LogP contribution in [0.4, 0.5) is 13.2 Å². The summed E-state index contributed by atoms with van der Waals surface area (Å²) in [4.78, 5) is 24.6. The molecule has 9 nitrogen and oxygen atoms in total. The van der Waals surface area contributed by atoms with Crippen LogP contribution >= 0.6 is 0 Å². The molecule has 1 aromatic heterocycles. The minimum Gasteiger partial charge on any atom is -0.459 e. The number of aliphatic imine (C=N–C) groups is 1. The number of amides is 1. The fraction of sp³-hybridized carbons (Fsp3) is 0.524. The number of carbonyl (C=O) groups is 1. The molecular formula is C21H24F3N5O4. The molecule has 3 heterocycles. The molecule has 1 fully saturated rings. The summed E-state index contributed by atoms with van der Waals surface area (Å²) in [5, 5.41) is 2.65. The Morgan fingerprint density at radius 3 is 2.79 bits per heavy atom. The Bertz CT molecular complexity index is 1020. The molecule has 33 heavy (non-hydrogen) atoms. The number of alkyl halides is 2. The summed E-state index contributed by atoms with van der Waals surface area (Å²) in [6, 6.07) is -0.230. The van der Waals surface area contributed by atoms with Gasteiger partial charge in [-0.15, -0.1) is 0 Å². The van der Waals surface area contributed by atoms with E-state index in [0.717, 1.165) is 12.4 Å². The molecular weight excluding hydrogens is 443 g/mol. The number of nitrogens with one attached hydrogen (secondary N) is 1. The topological polar surface area (TPSA) is 121 Å². The van der Waals surface area contributed by atoms with E-state index in [4.69, 9.17) is 15.2 Å². The van der Waals surface area contributed by atoms with Crippen LogP contribution in [0.15, 0.2) is 41.1 Å². The number of allylic oxidation sites excluding steroid dienone is 3. The van der Waals surface area contributed by atoms with Gasteiger partial charge in [0.05, 0.1) is 36.4 Å². The minimum atomic E-state index is -1.60.